The Bertz CT molecular complexity index is 503. The van der Waals surface area contributed by atoms with Gasteiger partial charge in [0.1, 0.15) is 5.82 Å². The quantitative estimate of drug-likeness (QED) is 0.868. The van der Waals surface area contributed by atoms with E-state index in [9.17, 15) is 14.0 Å². The molecule has 1 aromatic carbocycles. The van der Waals surface area contributed by atoms with Gasteiger partial charge in [0, 0.05) is 23.5 Å². The Morgan fingerprint density at radius 2 is 2.11 bits per heavy atom. The molecule has 2 N–H and O–H groups in total. The van der Waals surface area contributed by atoms with Crippen LogP contribution in [0.15, 0.2) is 22.7 Å². The molecule has 0 heterocycles. The van der Waals surface area contributed by atoms with Crippen molar-refractivity contribution in [1.29, 1.82) is 0 Å². The van der Waals surface area contributed by atoms with Crippen LogP contribution in [0.4, 0.5) is 4.39 Å². The van der Waals surface area contributed by atoms with Gasteiger partial charge in [-0.15, -0.1) is 0 Å². The first-order valence-corrected chi connectivity index (χ1v) is 6.88. The lowest BCUT2D eigenvalue weighted by atomic mass is 10.2. The van der Waals surface area contributed by atoms with Gasteiger partial charge in [-0.1, -0.05) is 15.9 Å². The van der Waals surface area contributed by atoms with E-state index in [1.165, 1.54) is 18.2 Å². The van der Waals surface area contributed by atoms with Crippen molar-refractivity contribution >= 4 is 27.7 Å². The van der Waals surface area contributed by atoms with Gasteiger partial charge in [0.25, 0.3) is 5.91 Å². The first-order valence-electron chi connectivity index (χ1n) is 6.09. The monoisotopic (exact) mass is 328 g/mol. The van der Waals surface area contributed by atoms with Crippen LogP contribution in [0.1, 0.15) is 29.6 Å². The number of carbonyl (C=O) groups is 2. The summed E-state index contributed by atoms with van der Waals surface area (Å²) in [5, 5.41) is 5.35. The molecule has 0 unspecified atom stereocenters. The first kappa shape index (κ1) is 14.0. The fraction of sp³-hybridized carbons (Fsp3) is 0.385. The van der Waals surface area contributed by atoms with Gasteiger partial charge in [-0.25, -0.2) is 4.39 Å². The molecule has 0 radical (unpaired) electrons. The van der Waals surface area contributed by atoms with Crippen molar-refractivity contribution in [2.45, 2.75) is 25.3 Å². The summed E-state index contributed by atoms with van der Waals surface area (Å²) in [6.45, 7) is 0.198. The van der Waals surface area contributed by atoms with E-state index in [-0.39, 0.29) is 24.4 Å². The van der Waals surface area contributed by atoms with Crippen LogP contribution >= 0.6 is 15.9 Å². The minimum absolute atomic E-state index is 0.0306. The SMILES string of the molecule is O=C(CCNC(=O)c1cc(Br)ccc1F)NC1CC1. The van der Waals surface area contributed by atoms with Crippen LogP contribution in [0, 0.1) is 5.82 Å². The lowest BCUT2D eigenvalue weighted by Gasteiger charge is -2.07. The second kappa shape index (κ2) is 6.14. The largest absolute Gasteiger partial charge is 0.353 e. The Kier molecular flexibility index (Phi) is 4.52. The Balaban J connectivity index is 1.80. The van der Waals surface area contributed by atoms with Crippen LogP contribution in [-0.4, -0.2) is 24.4 Å². The zero-order valence-corrected chi connectivity index (χ0v) is 11.8. The zero-order chi connectivity index (χ0) is 13.8. The Hall–Kier alpha value is -1.43. The molecular formula is C13H14BrFN2O2. The van der Waals surface area contributed by atoms with E-state index in [1.807, 2.05) is 0 Å². The summed E-state index contributed by atoms with van der Waals surface area (Å²) < 4.78 is 14.1. The van der Waals surface area contributed by atoms with E-state index in [1.54, 1.807) is 0 Å². The Morgan fingerprint density at radius 1 is 1.37 bits per heavy atom. The molecule has 102 valence electrons. The molecule has 2 rings (SSSR count). The van der Waals surface area contributed by atoms with Gasteiger partial charge in [-0.05, 0) is 31.0 Å². The molecule has 2 amide bonds. The molecule has 0 aromatic heterocycles. The normalized spacial score (nSPS) is 14.0. The van der Waals surface area contributed by atoms with Gasteiger partial charge in [0.05, 0.1) is 5.56 Å². The number of halogens is 2. The van der Waals surface area contributed by atoms with E-state index < -0.39 is 11.7 Å². The molecule has 6 heteroatoms. The molecule has 1 aromatic rings. The van der Waals surface area contributed by atoms with Gasteiger partial charge in [-0.2, -0.15) is 0 Å². The van der Waals surface area contributed by atoms with Crippen LogP contribution in [0.25, 0.3) is 0 Å². The molecule has 1 saturated carbocycles. The first-order chi connectivity index (χ1) is 9.06. The highest BCUT2D eigenvalue weighted by atomic mass is 79.9. The van der Waals surface area contributed by atoms with Crippen molar-refractivity contribution < 1.29 is 14.0 Å². The van der Waals surface area contributed by atoms with Gasteiger partial charge in [-0.3, -0.25) is 9.59 Å². The Morgan fingerprint density at radius 3 is 2.79 bits per heavy atom. The van der Waals surface area contributed by atoms with E-state index in [4.69, 9.17) is 0 Å². The third-order valence-electron chi connectivity index (χ3n) is 2.75. The molecule has 0 atom stereocenters. The summed E-state index contributed by atoms with van der Waals surface area (Å²) in [5.41, 5.74) is -0.0306. The highest BCUT2D eigenvalue weighted by Gasteiger charge is 2.22. The van der Waals surface area contributed by atoms with Gasteiger partial charge in [0.15, 0.2) is 0 Å². The highest BCUT2D eigenvalue weighted by molar-refractivity contribution is 9.10. The molecule has 4 nitrogen and oxygen atoms in total. The van der Waals surface area contributed by atoms with E-state index in [0.717, 1.165) is 12.8 Å². The topological polar surface area (TPSA) is 58.2 Å². The fourth-order valence-electron chi connectivity index (χ4n) is 1.58. The zero-order valence-electron chi connectivity index (χ0n) is 10.2. The summed E-state index contributed by atoms with van der Waals surface area (Å²) in [7, 11) is 0. The maximum atomic E-state index is 13.4. The van der Waals surface area contributed by atoms with Gasteiger partial charge >= 0.3 is 0 Å². The van der Waals surface area contributed by atoms with Crippen LogP contribution in [0.3, 0.4) is 0 Å². The minimum Gasteiger partial charge on any atom is -0.353 e. The predicted molar refractivity (Wildman–Crippen MR) is 72.2 cm³/mol. The number of hydrogen-bond acceptors (Lipinski definition) is 2. The van der Waals surface area contributed by atoms with Crippen molar-refractivity contribution in [2.24, 2.45) is 0 Å². The molecule has 1 fully saturated rings. The number of rotatable bonds is 5. The molecule has 0 bridgehead atoms. The lowest BCUT2D eigenvalue weighted by Crippen LogP contribution is -2.32. The minimum atomic E-state index is -0.580. The van der Waals surface area contributed by atoms with Crippen molar-refractivity contribution in [3.05, 3.63) is 34.1 Å². The van der Waals surface area contributed by atoms with Gasteiger partial charge < -0.3 is 10.6 Å². The number of carbonyl (C=O) groups excluding carboxylic acids is 2. The van der Waals surface area contributed by atoms with Crippen molar-refractivity contribution in [1.82, 2.24) is 10.6 Å². The lowest BCUT2D eigenvalue weighted by molar-refractivity contribution is -0.121. The molecule has 0 spiro atoms. The molecule has 1 aliphatic carbocycles. The van der Waals surface area contributed by atoms with Crippen LogP contribution in [-0.2, 0) is 4.79 Å². The second-order valence-electron chi connectivity index (χ2n) is 4.47. The molecular weight excluding hydrogens is 315 g/mol. The summed E-state index contributed by atoms with van der Waals surface area (Å²) >= 11 is 3.18. The fourth-order valence-corrected chi connectivity index (χ4v) is 1.94. The average Bonchev–Trinajstić information content (AvgIpc) is 3.16. The standard InChI is InChI=1S/C13H14BrFN2O2/c14-8-1-4-11(15)10(7-8)13(19)16-6-5-12(18)17-9-2-3-9/h1,4,7,9H,2-3,5-6H2,(H,16,19)(H,17,18). The van der Waals surface area contributed by atoms with Crippen LogP contribution < -0.4 is 10.6 Å². The smallest absolute Gasteiger partial charge is 0.254 e. The van der Waals surface area contributed by atoms with Crippen molar-refractivity contribution in [3.63, 3.8) is 0 Å². The third-order valence-corrected chi connectivity index (χ3v) is 3.25. The summed E-state index contributed by atoms with van der Waals surface area (Å²) in [6, 6.07) is 4.47. The summed E-state index contributed by atoms with van der Waals surface area (Å²) in [4.78, 5) is 23.1. The van der Waals surface area contributed by atoms with E-state index >= 15 is 0 Å². The average molecular weight is 329 g/mol. The van der Waals surface area contributed by atoms with E-state index in [2.05, 4.69) is 26.6 Å². The number of hydrogen-bond donors (Lipinski definition) is 2. The molecule has 0 saturated heterocycles. The summed E-state index contributed by atoms with van der Waals surface area (Å²) in [5.74, 6) is -1.18. The van der Waals surface area contributed by atoms with Crippen LogP contribution in [0.5, 0.6) is 0 Å². The maximum absolute atomic E-state index is 13.4. The van der Waals surface area contributed by atoms with Gasteiger partial charge in [0.2, 0.25) is 5.91 Å². The number of amides is 2. The van der Waals surface area contributed by atoms with Crippen molar-refractivity contribution in [2.75, 3.05) is 6.54 Å². The maximum Gasteiger partial charge on any atom is 0.254 e. The highest BCUT2D eigenvalue weighted by Crippen LogP contribution is 2.18. The van der Waals surface area contributed by atoms with Crippen LogP contribution in [0.2, 0.25) is 0 Å². The van der Waals surface area contributed by atoms with Crippen molar-refractivity contribution in [3.8, 4) is 0 Å². The molecule has 0 aliphatic heterocycles. The summed E-state index contributed by atoms with van der Waals surface area (Å²) in [6.07, 6.45) is 2.26. The number of benzene rings is 1. The Labute approximate surface area is 118 Å². The number of nitrogens with one attached hydrogen (secondary N) is 2. The second-order valence-corrected chi connectivity index (χ2v) is 5.39. The molecule has 19 heavy (non-hydrogen) atoms. The molecule has 1 aliphatic rings. The third kappa shape index (κ3) is 4.31. The van der Waals surface area contributed by atoms with E-state index in [0.29, 0.717) is 10.5 Å². The predicted octanol–water partition coefficient (Wildman–Crippen LogP) is 1.99.